The molecule has 76 valence electrons. The summed E-state index contributed by atoms with van der Waals surface area (Å²) in [5.41, 5.74) is 4.28. The van der Waals surface area contributed by atoms with Crippen LogP contribution in [0.5, 0.6) is 0 Å². The van der Waals surface area contributed by atoms with Crippen LogP contribution < -0.4 is 0 Å². The lowest BCUT2D eigenvalue weighted by Gasteiger charge is -2.13. The van der Waals surface area contributed by atoms with Gasteiger partial charge >= 0.3 is 0 Å². The van der Waals surface area contributed by atoms with Gasteiger partial charge in [0.2, 0.25) is 0 Å². The Bertz CT molecular complexity index is 293. The van der Waals surface area contributed by atoms with Crippen molar-refractivity contribution in [3.8, 4) is 0 Å². The average molecular weight is 190 g/mol. The van der Waals surface area contributed by atoms with E-state index in [4.69, 9.17) is 0 Å². The summed E-state index contributed by atoms with van der Waals surface area (Å²) < 4.78 is 2.32. The molecule has 0 aromatic carbocycles. The number of rotatable bonds is 2. The predicted molar refractivity (Wildman–Crippen MR) is 62.8 cm³/mol. The zero-order valence-electron chi connectivity index (χ0n) is 9.67. The Morgan fingerprint density at radius 3 is 2.43 bits per heavy atom. The molecule has 0 aromatic heterocycles. The van der Waals surface area contributed by atoms with E-state index in [0.29, 0.717) is 0 Å². The topological polar surface area (TPSA) is 3.01 Å². The average Bonchev–Trinajstić information content (AvgIpc) is 2.18. The molecule has 0 N–H and O–H groups in total. The molecule has 0 aliphatic carbocycles. The third-order valence-corrected chi connectivity index (χ3v) is 2.77. The van der Waals surface area contributed by atoms with Crippen LogP contribution in [0.15, 0.2) is 35.6 Å². The molecule has 1 nitrogen and oxygen atoms in total. The molecule has 0 amide bonds. The fourth-order valence-corrected chi connectivity index (χ4v) is 1.82. The standard InChI is InChI=1S/C13H20N/c1-5-7-13-8-10-14(9-6-2)12(4)11(13)3/h5-7,9H,8,10H2,1-4H3/q+1. The Hall–Kier alpha value is -1.11. The van der Waals surface area contributed by atoms with Crippen molar-refractivity contribution in [2.24, 2.45) is 0 Å². The van der Waals surface area contributed by atoms with Crippen LogP contribution in [0, 0.1) is 0 Å². The maximum atomic E-state index is 2.32. The minimum absolute atomic E-state index is 1.10. The van der Waals surface area contributed by atoms with E-state index in [1.54, 1.807) is 0 Å². The first-order chi connectivity index (χ1) is 6.70. The smallest absolute Gasteiger partial charge is 0.181 e. The number of hydrogen-bond acceptors (Lipinski definition) is 0. The van der Waals surface area contributed by atoms with Gasteiger partial charge in [-0.05, 0) is 32.4 Å². The lowest BCUT2D eigenvalue weighted by atomic mass is 9.99. The third kappa shape index (κ3) is 2.22. The van der Waals surface area contributed by atoms with Crippen LogP contribution in [0.4, 0.5) is 0 Å². The molecular formula is C13H20N+. The molecule has 14 heavy (non-hydrogen) atoms. The molecule has 0 radical (unpaired) electrons. The highest BCUT2D eigenvalue weighted by molar-refractivity contribution is 5.95. The summed E-state index contributed by atoms with van der Waals surface area (Å²) in [5, 5.41) is 0. The molecule has 0 aromatic rings. The van der Waals surface area contributed by atoms with Crippen molar-refractivity contribution in [2.45, 2.75) is 34.1 Å². The minimum atomic E-state index is 1.10. The molecule has 0 unspecified atom stereocenters. The first-order valence-corrected chi connectivity index (χ1v) is 5.26. The number of nitrogens with zero attached hydrogens (tertiary/aromatic N) is 1. The summed E-state index contributed by atoms with van der Waals surface area (Å²) in [6.07, 6.45) is 9.75. The van der Waals surface area contributed by atoms with Gasteiger partial charge in [-0.3, -0.25) is 0 Å². The van der Waals surface area contributed by atoms with Crippen molar-refractivity contribution in [3.05, 3.63) is 35.6 Å². The zero-order chi connectivity index (χ0) is 10.6. The second-order valence-electron chi connectivity index (χ2n) is 3.66. The van der Waals surface area contributed by atoms with Gasteiger partial charge in [-0.2, -0.15) is 0 Å². The highest BCUT2D eigenvalue weighted by Crippen LogP contribution is 2.17. The van der Waals surface area contributed by atoms with Gasteiger partial charge in [-0.25, -0.2) is 4.58 Å². The Morgan fingerprint density at radius 2 is 1.86 bits per heavy atom. The summed E-state index contributed by atoms with van der Waals surface area (Å²) >= 11 is 0. The largest absolute Gasteiger partial charge is 0.202 e. The van der Waals surface area contributed by atoms with Crippen LogP contribution in [0.2, 0.25) is 0 Å². The predicted octanol–water partition coefficient (Wildman–Crippen LogP) is 3.29. The monoisotopic (exact) mass is 190 g/mol. The van der Waals surface area contributed by atoms with Crippen molar-refractivity contribution in [1.82, 2.24) is 0 Å². The van der Waals surface area contributed by atoms with Gasteiger partial charge in [0.05, 0.1) is 0 Å². The lowest BCUT2D eigenvalue weighted by molar-refractivity contribution is -0.458. The van der Waals surface area contributed by atoms with E-state index in [-0.39, 0.29) is 0 Å². The van der Waals surface area contributed by atoms with E-state index >= 15 is 0 Å². The molecule has 1 heteroatoms. The van der Waals surface area contributed by atoms with Crippen molar-refractivity contribution >= 4 is 5.71 Å². The van der Waals surface area contributed by atoms with Gasteiger partial charge in [0.15, 0.2) is 18.5 Å². The van der Waals surface area contributed by atoms with Gasteiger partial charge in [0.25, 0.3) is 0 Å². The molecule has 0 saturated carbocycles. The summed E-state index contributed by atoms with van der Waals surface area (Å²) in [5.74, 6) is 0. The maximum Gasteiger partial charge on any atom is 0.181 e. The van der Waals surface area contributed by atoms with E-state index in [1.807, 2.05) is 0 Å². The maximum absolute atomic E-state index is 2.32. The van der Waals surface area contributed by atoms with E-state index in [1.165, 1.54) is 16.9 Å². The van der Waals surface area contributed by atoms with Crippen LogP contribution in [-0.2, 0) is 0 Å². The lowest BCUT2D eigenvalue weighted by Crippen LogP contribution is -2.22. The Balaban J connectivity index is 3.06. The number of hydrogen-bond donors (Lipinski definition) is 0. The quantitative estimate of drug-likeness (QED) is 0.588. The van der Waals surface area contributed by atoms with E-state index in [2.05, 4.69) is 56.7 Å². The Labute approximate surface area is 87.1 Å². The first kappa shape index (κ1) is 11.0. The van der Waals surface area contributed by atoms with E-state index in [9.17, 15) is 0 Å². The molecule has 1 rings (SSSR count). The Morgan fingerprint density at radius 1 is 1.14 bits per heavy atom. The van der Waals surface area contributed by atoms with Gasteiger partial charge in [0, 0.05) is 18.9 Å². The summed E-state index contributed by atoms with van der Waals surface area (Å²) in [6, 6.07) is 0. The normalized spacial score (nSPS) is 19.1. The van der Waals surface area contributed by atoms with E-state index in [0.717, 1.165) is 13.0 Å². The first-order valence-electron chi connectivity index (χ1n) is 5.26. The van der Waals surface area contributed by atoms with Gasteiger partial charge in [-0.1, -0.05) is 12.2 Å². The summed E-state index contributed by atoms with van der Waals surface area (Å²) in [4.78, 5) is 0. The van der Waals surface area contributed by atoms with Crippen LogP contribution in [0.3, 0.4) is 0 Å². The molecule has 0 saturated heterocycles. The molecule has 0 fully saturated rings. The van der Waals surface area contributed by atoms with Crippen molar-refractivity contribution < 1.29 is 4.58 Å². The summed E-state index contributed by atoms with van der Waals surface area (Å²) in [6.45, 7) is 9.65. The minimum Gasteiger partial charge on any atom is -0.202 e. The molecule has 0 bridgehead atoms. The van der Waals surface area contributed by atoms with Crippen molar-refractivity contribution in [1.29, 1.82) is 0 Å². The second kappa shape index (κ2) is 4.94. The van der Waals surface area contributed by atoms with Crippen LogP contribution >= 0.6 is 0 Å². The highest BCUT2D eigenvalue weighted by atomic mass is 15.0. The van der Waals surface area contributed by atoms with Crippen molar-refractivity contribution in [2.75, 3.05) is 6.54 Å². The molecular weight excluding hydrogens is 170 g/mol. The number of allylic oxidation sites excluding steroid dienone is 4. The van der Waals surface area contributed by atoms with Gasteiger partial charge in [0.1, 0.15) is 0 Å². The highest BCUT2D eigenvalue weighted by Gasteiger charge is 2.18. The van der Waals surface area contributed by atoms with Crippen LogP contribution in [0.1, 0.15) is 34.1 Å². The molecule has 0 atom stereocenters. The SMILES string of the molecule is CC=CC1=C(C)C(C)=[N+](C=CC)CC1. The molecule has 0 spiro atoms. The summed E-state index contributed by atoms with van der Waals surface area (Å²) in [7, 11) is 0. The van der Waals surface area contributed by atoms with Crippen molar-refractivity contribution in [3.63, 3.8) is 0 Å². The molecule has 1 heterocycles. The molecule has 1 aliphatic heterocycles. The molecule has 1 aliphatic rings. The Kier molecular flexibility index (Phi) is 3.87. The van der Waals surface area contributed by atoms with E-state index < -0.39 is 0 Å². The van der Waals surface area contributed by atoms with Crippen LogP contribution in [-0.4, -0.2) is 16.8 Å². The fourth-order valence-electron chi connectivity index (χ4n) is 1.82. The fraction of sp³-hybridized carbons (Fsp3) is 0.462. The van der Waals surface area contributed by atoms with Crippen LogP contribution in [0.25, 0.3) is 0 Å². The second-order valence-corrected chi connectivity index (χ2v) is 3.66. The van der Waals surface area contributed by atoms with Gasteiger partial charge in [-0.15, -0.1) is 0 Å². The third-order valence-electron chi connectivity index (χ3n) is 2.77. The van der Waals surface area contributed by atoms with Gasteiger partial charge < -0.3 is 0 Å². The zero-order valence-corrected chi connectivity index (χ0v) is 9.67.